The predicted molar refractivity (Wildman–Crippen MR) is 204 cm³/mol. The van der Waals surface area contributed by atoms with Gasteiger partial charge in [-0.15, -0.1) is 0 Å². The molecule has 0 bridgehead atoms. The molecule has 294 valence electrons. The Bertz CT molecular complexity index is 2090. The van der Waals surface area contributed by atoms with E-state index in [1.165, 1.54) is 0 Å². The average molecular weight is 799 g/mol. The van der Waals surface area contributed by atoms with E-state index in [2.05, 4.69) is 20.5 Å². The number of ether oxygens (including phenoxy) is 4. The Hall–Kier alpha value is -4.38. The van der Waals surface area contributed by atoms with Crippen molar-refractivity contribution in [1.82, 2.24) is 20.5 Å². The van der Waals surface area contributed by atoms with Crippen LogP contribution in [-0.4, -0.2) is 110 Å². The molecule has 6 rings (SSSR count). The molecule has 0 radical (unpaired) electrons. The van der Waals surface area contributed by atoms with Gasteiger partial charge in [0.1, 0.15) is 41.8 Å². The summed E-state index contributed by atoms with van der Waals surface area (Å²) in [5, 5.41) is 20.8. The maximum Gasteiger partial charge on any atom is 0.325 e. The number of aliphatic hydroxyl groups excluding tert-OH is 1. The second kappa shape index (κ2) is 18.5. The number of halogens is 2. The van der Waals surface area contributed by atoms with E-state index < -0.39 is 40.2 Å². The summed E-state index contributed by atoms with van der Waals surface area (Å²) in [6, 6.07) is 16.8. The first-order valence-corrected chi connectivity index (χ1v) is 20.3. The zero-order valence-corrected chi connectivity index (χ0v) is 31.9. The average Bonchev–Trinajstić information content (AvgIpc) is 3.66. The Morgan fingerprint density at radius 3 is 2.64 bits per heavy atom. The van der Waals surface area contributed by atoms with Gasteiger partial charge in [-0.25, -0.2) is 17.4 Å². The number of nitrogens with zero attached hydrogens (tertiary/aromatic N) is 3. The minimum Gasteiger partial charge on any atom is -0.488 e. The fraction of sp³-hybridized carbons (Fsp3) is 0.410. The van der Waals surface area contributed by atoms with Crippen LogP contribution in [0.4, 0.5) is 4.39 Å². The van der Waals surface area contributed by atoms with Crippen molar-refractivity contribution >= 4 is 44.0 Å². The summed E-state index contributed by atoms with van der Waals surface area (Å²) >= 11 is 6.80. The second-order valence-electron chi connectivity index (χ2n) is 13.3. The van der Waals surface area contributed by atoms with Crippen LogP contribution in [0.5, 0.6) is 11.5 Å². The van der Waals surface area contributed by atoms with Gasteiger partial charge in [-0.2, -0.15) is 0 Å². The summed E-state index contributed by atoms with van der Waals surface area (Å²) in [4.78, 5) is 14.5. The molecule has 1 aliphatic carbocycles. The number of fused-ring (bicyclic) bond motifs is 1. The largest absolute Gasteiger partial charge is 0.488 e. The van der Waals surface area contributed by atoms with Crippen molar-refractivity contribution in [3.8, 4) is 11.5 Å². The lowest BCUT2D eigenvalue weighted by Crippen LogP contribution is -2.48. The molecule has 3 unspecified atom stereocenters. The predicted octanol–water partition coefficient (Wildman–Crippen LogP) is 4.72. The first-order valence-electron chi connectivity index (χ1n) is 18.1. The van der Waals surface area contributed by atoms with E-state index in [-0.39, 0.29) is 55.3 Å². The van der Waals surface area contributed by atoms with Crippen LogP contribution >= 0.6 is 11.6 Å². The molecule has 0 saturated carbocycles. The Morgan fingerprint density at radius 1 is 1.09 bits per heavy atom. The molecular formula is C39H44ClFN4O9S. The van der Waals surface area contributed by atoms with Crippen molar-refractivity contribution in [1.29, 1.82) is 0 Å². The molecule has 2 heterocycles. The first-order chi connectivity index (χ1) is 26.6. The van der Waals surface area contributed by atoms with Crippen LogP contribution in [0, 0.1) is 0 Å². The van der Waals surface area contributed by atoms with E-state index in [0.29, 0.717) is 59.5 Å². The molecule has 0 spiro atoms. The quantitative estimate of drug-likeness (QED) is 0.105. The van der Waals surface area contributed by atoms with Crippen molar-refractivity contribution in [2.24, 2.45) is 0 Å². The van der Waals surface area contributed by atoms with E-state index in [4.69, 9.17) is 35.2 Å². The van der Waals surface area contributed by atoms with Gasteiger partial charge < -0.3 is 29.0 Å². The number of hydrogen-bond donors (Lipinski definition) is 2. The van der Waals surface area contributed by atoms with E-state index in [9.17, 15) is 18.3 Å². The number of allylic oxidation sites excluding steroid dienone is 2. The number of hydrogen-bond acceptors (Lipinski definition) is 13. The monoisotopic (exact) mass is 798 g/mol. The highest BCUT2D eigenvalue weighted by molar-refractivity contribution is 7.91. The van der Waals surface area contributed by atoms with Crippen molar-refractivity contribution in [3.05, 3.63) is 101 Å². The van der Waals surface area contributed by atoms with Gasteiger partial charge in [-0.3, -0.25) is 10.1 Å². The fourth-order valence-electron chi connectivity index (χ4n) is 6.36. The maximum absolute atomic E-state index is 16.9. The minimum atomic E-state index is -3.01. The number of esters is 1. The lowest BCUT2D eigenvalue weighted by atomic mass is 9.84. The van der Waals surface area contributed by atoms with Gasteiger partial charge in [0, 0.05) is 44.4 Å². The highest BCUT2D eigenvalue weighted by atomic mass is 35.5. The van der Waals surface area contributed by atoms with Gasteiger partial charge in [-0.1, -0.05) is 60.2 Å². The number of nitrogens with one attached hydrogen (secondary N) is 1. The molecule has 3 atom stereocenters. The van der Waals surface area contributed by atoms with Crippen LogP contribution in [0.15, 0.2) is 83.5 Å². The topological polar surface area (TPSA) is 163 Å². The molecule has 1 saturated heterocycles. The Kier molecular flexibility index (Phi) is 13.6. The number of rotatable bonds is 18. The van der Waals surface area contributed by atoms with Crippen molar-refractivity contribution < 1.29 is 46.3 Å². The maximum atomic E-state index is 16.9. The normalized spacial score (nSPS) is 20.2. The second-order valence-corrected chi connectivity index (χ2v) is 16.0. The van der Waals surface area contributed by atoms with Crippen LogP contribution in [0.2, 0.25) is 5.02 Å². The van der Waals surface area contributed by atoms with Gasteiger partial charge >= 0.3 is 5.97 Å². The van der Waals surface area contributed by atoms with Gasteiger partial charge in [0.05, 0.1) is 29.7 Å². The third-order valence-electron chi connectivity index (χ3n) is 9.46. The highest BCUT2D eigenvalue weighted by Gasteiger charge is 2.43. The van der Waals surface area contributed by atoms with E-state index in [0.717, 1.165) is 5.56 Å². The van der Waals surface area contributed by atoms with Gasteiger partial charge in [-0.05, 0) is 64.6 Å². The highest BCUT2D eigenvalue weighted by Crippen LogP contribution is 2.39. The summed E-state index contributed by atoms with van der Waals surface area (Å²) < 4.78 is 69.5. The third-order valence-corrected chi connectivity index (χ3v) is 11.4. The lowest BCUT2D eigenvalue weighted by molar-refractivity contribution is -0.146. The summed E-state index contributed by atoms with van der Waals surface area (Å²) in [5.41, 5.74) is 2.07. The molecule has 2 aliphatic rings. The summed E-state index contributed by atoms with van der Waals surface area (Å²) in [6.45, 7) is 2.96. The van der Waals surface area contributed by atoms with Crippen molar-refractivity contribution in [3.63, 3.8) is 0 Å². The minimum absolute atomic E-state index is 0.0716. The van der Waals surface area contributed by atoms with Gasteiger partial charge in [0.25, 0.3) is 0 Å². The number of aliphatic hydroxyl groups is 1. The van der Waals surface area contributed by atoms with Crippen molar-refractivity contribution in [2.45, 2.75) is 44.3 Å². The molecule has 4 aromatic rings. The van der Waals surface area contributed by atoms with Crippen LogP contribution in [0.3, 0.4) is 0 Å². The van der Waals surface area contributed by atoms with E-state index in [1.807, 2.05) is 36.4 Å². The molecule has 13 nitrogen and oxygen atoms in total. The molecular weight excluding hydrogens is 755 g/mol. The number of alkyl halides is 1. The van der Waals surface area contributed by atoms with E-state index >= 15 is 4.39 Å². The Labute approximate surface area is 323 Å². The standard InChI is InChI=1S/C39H44ClFN4O9S/c1-2-50-38(47)34(24-46)42-23-29-21-31(40)36(22-35(29)51-25-27-11-12-32-33(20-27)44-54-43-32)52-26-39(53-17-7-14-45-15-18-55(48,49)19-16-45)13-6-10-30(37(39)41)28-8-4-3-5-9-28/h3-6,8-13,20-22,34,37,42,46H,2,7,14-19,23-26H2,1H3. The third kappa shape index (κ3) is 10.3. The molecule has 1 aromatic heterocycles. The van der Waals surface area contributed by atoms with Crippen LogP contribution < -0.4 is 14.8 Å². The van der Waals surface area contributed by atoms with Gasteiger partial charge in [0.2, 0.25) is 0 Å². The number of sulfone groups is 1. The summed E-state index contributed by atoms with van der Waals surface area (Å²) in [5.74, 6) is 0.192. The van der Waals surface area contributed by atoms with Gasteiger partial charge in [0.15, 0.2) is 21.6 Å². The molecule has 2 N–H and O–H groups in total. The molecule has 55 heavy (non-hydrogen) atoms. The zero-order valence-electron chi connectivity index (χ0n) is 30.4. The molecule has 1 fully saturated rings. The van der Waals surface area contributed by atoms with Crippen LogP contribution in [0.25, 0.3) is 16.6 Å². The Morgan fingerprint density at radius 2 is 1.87 bits per heavy atom. The lowest BCUT2D eigenvalue weighted by Gasteiger charge is -2.37. The SMILES string of the molecule is CCOC(=O)C(CO)NCc1cc(Cl)c(OCC2(OCCCN3CCS(=O)(=O)CC3)C=CC=C(c3ccccc3)C2F)cc1OCc1ccc2nonc2c1. The molecule has 0 amide bonds. The first kappa shape index (κ1) is 40.3. The number of benzene rings is 3. The molecule has 1 aliphatic heterocycles. The van der Waals surface area contributed by atoms with Crippen LogP contribution in [-0.2, 0) is 37.3 Å². The van der Waals surface area contributed by atoms with Crippen LogP contribution in [0.1, 0.15) is 30.0 Å². The van der Waals surface area contributed by atoms with Crippen molar-refractivity contribution in [2.75, 3.05) is 57.6 Å². The zero-order chi connectivity index (χ0) is 38.8. The summed E-state index contributed by atoms with van der Waals surface area (Å²) in [7, 11) is -3.01. The van der Waals surface area contributed by atoms with E-state index in [1.54, 1.807) is 49.4 Å². The number of aromatic nitrogens is 2. The number of carbonyl (C=O) groups excluding carboxylic acids is 1. The Balaban J connectivity index is 1.22. The molecule has 3 aromatic carbocycles. The fourth-order valence-corrected chi connectivity index (χ4v) is 7.87. The number of carbonyl (C=O) groups is 1. The smallest absolute Gasteiger partial charge is 0.325 e. The summed E-state index contributed by atoms with van der Waals surface area (Å²) in [6.07, 6.45) is 4.06. The molecule has 16 heteroatoms.